The molecular weight excluding hydrogens is 641 g/mol. The van der Waals surface area contributed by atoms with Gasteiger partial charge in [-0.05, 0) is 78.7 Å². The molecule has 1 unspecified atom stereocenters. The number of ketones is 1. The quantitative estimate of drug-likeness (QED) is 0.158. The maximum atomic E-state index is 15.9. The van der Waals surface area contributed by atoms with Gasteiger partial charge >= 0.3 is 6.18 Å². The number of carbonyl (C=O) groups excluding carboxylic acids is 2. The lowest BCUT2D eigenvalue weighted by atomic mass is 9.86. The van der Waals surface area contributed by atoms with Crippen LogP contribution in [0.5, 0.6) is 0 Å². The number of nitrogens with zero attached hydrogens (tertiary/aromatic N) is 2. The van der Waals surface area contributed by atoms with E-state index in [1.165, 1.54) is 36.4 Å². The highest BCUT2D eigenvalue weighted by molar-refractivity contribution is 6.36. The van der Waals surface area contributed by atoms with Crippen LogP contribution in [0, 0.1) is 29.6 Å². The number of nitriles is 2. The zero-order chi connectivity index (χ0) is 32.4. The van der Waals surface area contributed by atoms with Gasteiger partial charge in [0.15, 0.2) is 5.78 Å². The first kappa shape index (κ1) is 32.5. The molecule has 0 bridgehead atoms. The zero-order valence-corrected chi connectivity index (χ0v) is 24.8. The van der Waals surface area contributed by atoms with E-state index < -0.39 is 41.1 Å². The highest BCUT2D eigenvalue weighted by Crippen LogP contribution is 2.49. The number of anilines is 1. The fourth-order valence-corrected chi connectivity index (χ4v) is 5.25. The van der Waals surface area contributed by atoms with Crippen molar-refractivity contribution >= 4 is 52.2 Å². The van der Waals surface area contributed by atoms with E-state index in [-0.39, 0.29) is 43.0 Å². The van der Waals surface area contributed by atoms with E-state index in [1.54, 1.807) is 6.92 Å². The maximum Gasteiger partial charge on any atom is 0.431 e. The number of amides is 1. The molecule has 0 fully saturated rings. The number of halogens is 7. The Morgan fingerprint density at radius 1 is 0.818 bits per heavy atom. The van der Waals surface area contributed by atoms with Crippen molar-refractivity contribution in [3.8, 4) is 12.1 Å². The lowest BCUT2D eigenvalue weighted by molar-refractivity contribution is -0.219. The van der Waals surface area contributed by atoms with Crippen LogP contribution < -0.4 is 5.32 Å². The molecule has 4 aromatic carbocycles. The predicted molar refractivity (Wildman–Crippen MR) is 159 cm³/mol. The minimum atomic E-state index is -5.40. The van der Waals surface area contributed by atoms with Crippen molar-refractivity contribution in [1.82, 2.24) is 0 Å². The Kier molecular flexibility index (Phi) is 9.36. The minimum absolute atomic E-state index is 0.0232. The van der Waals surface area contributed by atoms with Crippen molar-refractivity contribution in [2.24, 2.45) is 0 Å². The number of nitrogens with one attached hydrogen (secondary N) is 1. The molecule has 0 saturated carbocycles. The third-order valence-electron chi connectivity index (χ3n) is 6.82. The second kappa shape index (κ2) is 12.7. The number of carbonyl (C=O) groups is 2. The van der Waals surface area contributed by atoms with Gasteiger partial charge < -0.3 is 5.32 Å². The summed E-state index contributed by atoms with van der Waals surface area (Å²) in [7, 11) is 0. The molecule has 1 N–H and O–H groups in total. The number of alkyl halides is 4. The van der Waals surface area contributed by atoms with Gasteiger partial charge in [-0.25, -0.2) is 4.39 Å². The number of hydrogen-bond acceptors (Lipinski definition) is 4. The van der Waals surface area contributed by atoms with E-state index in [4.69, 9.17) is 40.1 Å². The molecule has 0 saturated heterocycles. The molecule has 5 nitrogen and oxygen atoms in total. The van der Waals surface area contributed by atoms with Crippen LogP contribution >= 0.6 is 34.8 Å². The molecule has 4 rings (SSSR count). The summed E-state index contributed by atoms with van der Waals surface area (Å²) in [5.41, 5.74) is -4.45. The number of hydrogen-bond donors (Lipinski definition) is 1. The summed E-state index contributed by atoms with van der Waals surface area (Å²) in [6, 6.07) is 17.8. The molecule has 12 heteroatoms. The molecule has 0 aliphatic heterocycles. The summed E-state index contributed by atoms with van der Waals surface area (Å²) >= 11 is 18.3. The molecule has 0 radical (unpaired) electrons. The fourth-order valence-electron chi connectivity index (χ4n) is 4.50. The Morgan fingerprint density at radius 3 is 2.00 bits per heavy atom. The van der Waals surface area contributed by atoms with Crippen LogP contribution in [-0.4, -0.2) is 17.9 Å². The third-order valence-corrected chi connectivity index (χ3v) is 7.75. The van der Waals surface area contributed by atoms with Crippen molar-refractivity contribution in [1.29, 1.82) is 10.5 Å². The van der Waals surface area contributed by atoms with Crippen LogP contribution in [0.4, 0.5) is 23.2 Å². The lowest BCUT2D eigenvalue weighted by Gasteiger charge is -2.29. The number of Topliss-reactive ketones (excluding diaryl/α,β-unsaturated/α-hetero) is 1. The Labute approximate surface area is 264 Å². The molecule has 0 spiro atoms. The predicted octanol–water partition coefficient (Wildman–Crippen LogP) is 9.15. The normalized spacial score (nSPS) is 12.5. The summed E-state index contributed by atoms with van der Waals surface area (Å²) < 4.78 is 58.2. The zero-order valence-electron chi connectivity index (χ0n) is 22.5. The highest BCUT2D eigenvalue weighted by Gasteiger charge is 2.58. The first-order valence-electron chi connectivity index (χ1n) is 12.6. The molecule has 44 heavy (non-hydrogen) atoms. The van der Waals surface area contributed by atoms with Crippen LogP contribution in [0.15, 0.2) is 72.8 Å². The van der Waals surface area contributed by atoms with Gasteiger partial charge in [-0.2, -0.15) is 23.7 Å². The monoisotopic (exact) mass is 657 g/mol. The van der Waals surface area contributed by atoms with Gasteiger partial charge in [0.05, 0.1) is 22.9 Å². The van der Waals surface area contributed by atoms with E-state index in [9.17, 15) is 28.0 Å². The second-order valence-electron chi connectivity index (χ2n) is 9.65. The van der Waals surface area contributed by atoms with E-state index in [0.29, 0.717) is 11.1 Å². The molecule has 0 aromatic heterocycles. The van der Waals surface area contributed by atoms with E-state index in [2.05, 4.69) is 5.32 Å². The molecule has 0 heterocycles. The molecule has 222 valence electrons. The van der Waals surface area contributed by atoms with Crippen LogP contribution in [0.3, 0.4) is 0 Å². The summed E-state index contributed by atoms with van der Waals surface area (Å²) in [6.07, 6.45) is -5.89. The van der Waals surface area contributed by atoms with Crippen LogP contribution in [0.1, 0.15) is 54.1 Å². The Balaban J connectivity index is 1.64. The molecule has 4 aromatic rings. The lowest BCUT2D eigenvalue weighted by Crippen LogP contribution is -2.39. The number of benzene rings is 4. The van der Waals surface area contributed by atoms with Crippen LogP contribution in [-0.2, 0) is 12.1 Å². The van der Waals surface area contributed by atoms with Crippen molar-refractivity contribution in [2.45, 2.75) is 25.2 Å². The average Bonchev–Trinajstić information content (AvgIpc) is 2.97. The standard InChI is InChI=1S/C32H18Cl3F4N3O2/c1-17-10-18(15-40)2-9-24(17)30(44)42-28-11-19(3-4-20(28)16-41)29(43)14-25-26(34)12-22(13-27(25)35)31(36,32(37,38)39)21-5-7-23(33)8-6-21/h2-13H,14H2,1H3,(H,42,44). The molecule has 0 aliphatic carbocycles. The van der Waals surface area contributed by atoms with Crippen molar-refractivity contribution in [3.05, 3.63) is 132 Å². The van der Waals surface area contributed by atoms with E-state index in [0.717, 1.165) is 36.4 Å². The van der Waals surface area contributed by atoms with Crippen LogP contribution in [0.2, 0.25) is 15.1 Å². The van der Waals surface area contributed by atoms with Gasteiger partial charge in [0.2, 0.25) is 0 Å². The van der Waals surface area contributed by atoms with Gasteiger partial charge in [-0.1, -0.05) is 46.9 Å². The first-order valence-corrected chi connectivity index (χ1v) is 13.7. The Bertz CT molecular complexity index is 1860. The second-order valence-corrected chi connectivity index (χ2v) is 10.9. The van der Waals surface area contributed by atoms with E-state index in [1.807, 2.05) is 12.1 Å². The van der Waals surface area contributed by atoms with Crippen LogP contribution in [0.25, 0.3) is 0 Å². The third kappa shape index (κ3) is 6.41. The summed E-state index contributed by atoms with van der Waals surface area (Å²) in [5.74, 6) is -1.19. The maximum absolute atomic E-state index is 15.9. The highest BCUT2D eigenvalue weighted by atomic mass is 35.5. The summed E-state index contributed by atoms with van der Waals surface area (Å²) in [5, 5.41) is 20.5. The van der Waals surface area contributed by atoms with Gasteiger partial charge in [0.25, 0.3) is 11.6 Å². The van der Waals surface area contributed by atoms with Gasteiger partial charge in [-0.15, -0.1) is 0 Å². The van der Waals surface area contributed by atoms with Crippen molar-refractivity contribution < 1.29 is 27.2 Å². The number of aryl methyl sites for hydroxylation is 1. The molecule has 0 aliphatic rings. The van der Waals surface area contributed by atoms with Gasteiger partial charge in [-0.3, -0.25) is 9.59 Å². The van der Waals surface area contributed by atoms with Crippen molar-refractivity contribution in [2.75, 3.05) is 5.32 Å². The molecular formula is C32H18Cl3F4N3O2. The van der Waals surface area contributed by atoms with Gasteiger partial charge in [0.1, 0.15) is 6.07 Å². The minimum Gasteiger partial charge on any atom is -0.321 e. The number of rotatable bonds is 7. The Hall–Kier alpha value is -4.41. The fraction of sp³-hybridized carbons (Fsp3) is 0.125. The molecule has 1 amide bonds. The Morgan fingerprint density at radius 2 is 1.45 bits per heavy atom. The average molecular weight is 659 g/mol. The van der Waals surface area contributed by atoms with Crippen molar-refractivity contribution in [3.63, 3.8) is 0 Å². The topological polar surface area (TPSA) is 93.8 Å². The van der Waals surface area contributed by atoms with E-state index >= 15 is 4.39 Å². The largest absolute Gasteiger partial charge is 0.431 e. The SMILES string of the molecule is Cc1cc(C#N)ccc1C(=O)Nc1cc(C(=O)Cc2c(Cl)cc(C(F)(c3ccc(Cl)cc3)C(F)(F)F)cc2Cl)ccc1C#N. The smallest absolute Gasteiger partial charge is 0.321 e. The summed E-state index contributed by atoms with van der Waals surface area (Å²) in [6.45, 7) is 1.64. The summed E-state index contributed by atoms with van der Waals surface area (Å²) in [4.78, 5) is 26.2. The molecule has 1 atom stereocenters. The van der Waals surface area contributed by atoms with Gasteiger partial charge in [0, 0.05) is 43.7 Å². The first-order chi connectivity index (χ1) is 20.7.